The van der Waals surface area contributed by atoms with Gasteiger partial charge in [0.1, 0.15) is 17.7 Å². The minimum atomic E-state index is -0.209. The Hall–Kier alpha value is -2.59. The molecule has 3 heterocycles. The van der Waals surface area contributed by atoms with Gasteiger partial charge in [-0.15, -0.1) is 0 Å². The molecule has 1 aliphatic rings. The highest BCUT2D eigenvalue weighted by molar-refractivity contribution is 6.33. The van der Waals surface area contributed by atoms with Crippen LogP contribution in [0.5, 0.6) is 0 Å². The van der Waals surface area contributed by atoms with Crippen molar-refractivity contribution in [2.24, 2.45) is 0 Å². The number of pyridine rings is 1. The van der Waals surface area contributed by atoms with E-state index < -0.39 is 0 Å². The van der Waals surface area contributed by atoms with Crippen LogP contribution in [-0.4, -0.2) is 41.4 Å². The van der Waals surface area contributed by atoms with E-state index in [2.05, 4.69) is 25.0 Å². The number of H-pyrrole nitrogens is 1. The van der Waals surface area contributed by atoms with Crippen molar-refractivity contribution in [1.29, 1.82) is 5.26 Å². The first-order valence-corrected chi connectivity index (χ1v) is 7.66. The largest absolute Gasteiger partial charge is 0.354 e. The highest BCUT2D eigenvalue weighted by atomic mass is 35.5. The molecule has 0 radical (unpaired) electrons. The van der Waals surface area contributed by atoms with Crippen LogP contribution in [0.15, 0.2) is 29.2 Å². The van der Waals surface area contributed by atoms with Crippen LogP contribution >= 0.6 is 11.6 Å². The lowest BCUT2D eigenvalue weighted by Gasteiger charge is -2.23. The lowest BCUT2D eigenvalue weighted by Crippen LogP contribution is -2.32. The van der Waals surface area contributed by atoms with Gasteiger partial charge in [-0.3, -0.25) is 4.79 Å². The second-order valence-electron chi connectivity index (χ2n) is 5.25. The number of hydrogen-bond donors (Lipinski definition) is 1. The molecule has 1 N–H and O–H groups in total. The number of anilines is 2. The fraction of sp³-hybridized carbons (Fsp3) is 0.333. The van der Waals surface area contributed by atoms with Gasteiger partial charge in [-0.2, -0.15) is 10.4 Å². The van der Waals surface area contributed by atoms with E-state index in [0.29, 0.717) is 16.4 Å². The lowest BCUT2D eigenvalue weighted by atomic mass is 10.3. The Balaban J connectivity index is 1.75. The van der Waals surface area contributed by atoms with Crippen LogP contribution in [-0.2, 0) is 0 Å². The van der Waals surface area contributed by atoms with E-state index in [-0.39, 0.29) is 5.56 Å². The Morgan fingerprint density at radius 3 is 2.70 bits per heavy atom. The lowest BCUT2D eigenvalue weighted by molar-refractivity contribution is 0.782. The normalized spacial score (nSPS) is 15.1. The first-order chi connectivity index (χ1) is 11.2. The molecule has 2 aromatic heterocycles. The average Bonchev–Trinajstić information content (AvgIpc) is 2.81. The monoisotopic (exact) mass is 330 g/mol. The van der Waals surface area contributed by atoms with Gasteiger partial charge >= 0.3 is 0 Å². The highest BCUT2D eigenvalue weighted by Gasteiger charge is 2.19. The Bertz CT molecular complexity index is 779. The van der Waals surface area contributed by atoms with E-state index >= 15 is 0 Å². The molecule has 0 amide bonds. The molecule has 118 valence electrons. The van der Waals surface area contributed by atoms with E-state index in [1.54, 1.807) is 12.1 Å². The van der Waals surface area contributed by atoms with Crippen LogP contribution in [0.2, 0.25) is 5.02 Å². The molecule has 0 bridgehead atoms. The number of aromatic nitrogens is 3. The van der Waals surface area contributed by atoms with Crippen molar-refractivity contribution < 1.29 is 0 Å². The van der Waals surface area contributed by atoms with Gasteiger partial charge in [0.05, 0.1) is 10.6 Å². The van der Waals surface area contributed by atoms with E-state index in [0.717, 1.165) is 38.4 Å². The van der Waals surface area contributed by atoms with Crippen LogP contribution in [0.3, 0.4) is 0 Å². The molecule has 2 aromatic rings. The molecule has 0 unspecified atom stereocenters. The van der Waals surface area contributed by atoms with Crippen LogP contribution in [0.4, 0.5) is 11.6 Å². The zero-order chi connectivity index (χ0) is 16.2. The maximum absolute atomic E-state index is 11.1. The van der Waals surface area contributed by atoms with Gasteiger partial charge in [-0.1, -0.05) is 11.6 Å². The third-order valence-electron chi connectivity index (χ3n) is 3.73. The number of nitriles is 1. The van der Waals surface area contributed by atoms with Crippen molar-refractivity contribution >= 4 is 23.2 Å². The molecule has 3 rings (SSSR count). The Morgan fingerprint density at radius 1 is 1.22 bits per heavy atom. The summed E-state index contributed by atoms with van der Waals surface area (Å²) in [5.41, 5.74) is 0.242. The molecule has 1 aliphatic heterocycles. The quantitative estimate of drug-likeness (QED) is 0.895. The van der Waals surface area contributed by atoms with Gasteiger partial charge in [-0.25, -0.2) is 10.1 Å². The molecule has 0 aromatic carbocycles. The number of nitrogens with one attached hydrogen (secondary N) is 1. The van der Waals surface area contributed by atoms with Crippen molar-refractivity contribution in [3.05, 3.63) is 45.3 Å². The van der Waals surface area contributed by atoms with Crippen molar-refractivity contribution in [3.8, 4) is 6.07 Å². The van der Waals surface area contributed by atoms with E-state index in [9.17, 15) is 4.79 Å². The smallest absolute Gasteiger partial charge is 0.264 e. The Kier molecular flexibility index (Phi) is 4.44. The second kappa shape index (κ2) is 6.67. The zero-order valence-electron chi connectivity index (χ0n) is 12.4. The SMILES string of the molecule is N#Cc1cnc(N2CCCN(c3ccc(=O)[nH]n3)CC2)c(Cl)c1. The molecule has 7 nitrogen and oxygen atoms in total. The maximum atomic E-state index is 11.1. The molecule has 1 fully saturated rings. The molecule has 23 heavy (non-hydrogen) atoms. The molecule has 0 saturated carbocycles. The predicted octanol–water partition coefficient (Wildman–Crippen LogP) is 1.41. The summed E-state index contributed by atoms with van der Waals surface area (Å²) in [6, 6.07) is 6.87. The Morgan fingerprint density at radius 2 is 2.00 bits per heavy atom. The van der Waals surface area contributed by atoms with Crippen LogP contribution in [0, 0.1) is 11.3 Å². The number of rotatable bonds is 2. The van der Waals surface area contributed by atoms with Crippen molar-refractivity contribution in [1.82, 2.24) is 15.2 Å². The molecule has 0 spiro atoms. The molecular weight excluding hydrogens is 316 g/mol. The summed E-state index contributed by atoms with van der Waals surface area (Å²) in [6.07, 6.45) is 2.45. The minimum Gasteiger partial charge on any atom is -0.354 e. The van der Waals surface area contributed by atoms with Crippen LogP contribution in [0.1, 0.15) is 12.0 Å². The van der Waals surface area contributed by atoms with E-state index in [1.807, 2.05) is 6.07 Å². The van der Waals surface area contributed by atoms with Crippen molar-refractivity contribution in [2.75, 3.05) is 36.0 Å². The summed E-state index contributed by atoms with van der Waals surface area (Å²) in [6.45, 7) is 3.14. The van der Waals surface area contributed by atoms with Gasteiger partial charge in [0.2, 0.25) is 0 Å². The summed E-state index contributed by atoms with van der Waals surface area (Å²) in [7, 11) is 0. The van der Waals surface area contributed by atoms with Gasteiger partial charge in [-0.05, 0) is 18.6 Å². The molecule has 0 aliphatic carbocycles. The summed E-state index contributed by atoms with van der Waals surface area (Å²) in [5.74, 6) is 1.45. The first-order valence-electron chi connectivity index (χ1n) is 7.28. The number of hydrogen-bond acceptors (Lipinski definition) is 6. The van der Waals surface area contributed by atoms with Gasteiger partial charge in [0.25, 0.3) is 5.56 Å². The van der Waals surface area contributed by atoms with E-state index in [4.69, 9.17) is 16.9 Å². The number of aromatic amines is 1. The predicted molar refractivity (Wildman–Crippen MR) is 87.9 cm³/mol. The third-order valence-corrected chi connectivity index (χ3v) is 4.01. The van der Waals surface area contributed by atoms with Crippen molar-refractivity contribution in [2.45, 2.75) is 6.42 Å². The molecule has 1 saturated heterocycles. The minimum absolute atomic E-state index is 0.209. The third kappa shape index (κ3) is 3.43. The highest BCUT2D eigenvalue weighted by Crippen LogP contribution is 2.25. The zero-order valence-corrected chi connectivity index (χ0v) is 13.1. The fourth-order valence-corrected chi connectivity index (χ4v) is 2.88. The fourth-order valence-electron chi connectivity index (χ4n) is 2.60. The Labute approximate surface area is 138 Å². The second-order valence-corrected chi connectivity index (χ2v) is 5.66. The molecule has 8 heteroatoms. The van der Waals surface area contributed by atoms with Crippen LogP contribution in [0.25, 0.3) is 0 Å². The average molecular weight is 331 g/mol. The van der Waals surface area contributed by atoms with Crippen LogP contribution < -0.4 is 15.4 Å². The van der Waals surface area contributed by atoms with Gasteiger partial charge < -0.3 is 9.80 Å². The van der Waals surface area contributed by atoms with Gasteiger partial charge in [0.15, 0.2) is 0 Å². The van der Waals surface area contributed by atoms with Gasteiger partial charge in [0, 0.05) is 38.4 Å². The first kappa shape index (κ1) is 15.3. The number of halogens is 1. The van der Waals surface area contributed by atoms with Crippen molar-refractivity contribution in [3.63, 3.8) is 0 Å². The summed E-state index contributed by atoms with van der Waals surface area (Å²) < 4.78 is 0. The topological polar surface area (TPSA) is 88.9 Å². The molecule has 0 atom stereocenters. The maximum Gasteiger partial charge on any atom is 0.264 e. The summed E-state index contributed by atoms with van der Waals surface area (Å²) >= 11 is 6.24. The summed E-state index contributed by atoms with van der Waals surface area (Å²) in [5, 5.41) is 15.9. The standard InChI is InChI=1S/C15H15ClN6O/c16-12-8-11(9-17)10-18-15(12)22-5-1-4-21(6-7-22)13-2-3-14(23)20-19-13/h2-3,8,10H,1,4-7H2,(H,20,23). The van der Waals surface area contributed by atoms with E-state index in [1.165, 1.54) is 12.3 Å². The molecular formula is C15H15ClN6O. The summed E-state index contributed by atoms with van der Waals surface area (Å²) in [4.78, 5) is 19.6. The number of nitrogens with zero attached hydrogens (tertiary/aromatic N) is 5.